The third kappa shape index (κ3) is 6.44. The number of ether oxygens (including phenoxy) is 1. The molecule has 2 aromatic carbocycles. The summed E-state index contributed by atoms with van der Waals surface area (Å²) in [6.07, 6.45) is -3.12. The smallest absolute Gasteiger partial charge is 0.416 e. The van der Waals surface area contributed by atoms with E-state index in [-0.39, 0.29) is 17.9 Å². The minimum Gasteiger partial charge on any atom is -0.460 e. The maximum atomic E-state index is 13.8. The van der Waals surface area contributed by atoms with Crippen LogP contribution in [0.4, 0.5) is 34.6 Å². The van der Waals surface area contributed by atoms with E-state index in [4.69, 9.17) is 9.73 Å². The minimum absolute atomic E-state index is 0.147. The van der Waals surface area contributed by atoms with E-state index < -0.39 is 29.4 Å². The van der Waals surface area contributed by atoms with Crippen LogP contribution in [0.15, 0.2) is 71.9 Å². The number of fused-ring (bicyclic) bond motifs is 1. The molecule has 2 aliphatic heterocycles. The molecule has 3 aromatic rings. The SMILES string of the molecule is CC(C)(C)OC(=O)CC1c2ncccc2N=C(N2CCN(c3ccc(F)cc3)CC2)N1c1cccc(C(F)(F)F)c1. The highest BCUT2D eigenvalue weighted by Gasteiger charge is 2.39. The number of esters is 1. The van der Waals surface area contributed by atoms with Crippen LogP contribution in [0.1, 0.15) is 44.5 Å². The molecule has 5 rings (SSSR count). The van der Waals surface area contributed by atoms with Gasteiger partial charge in [0, 0.05) is 43.8 Å². The number of hydrogen-bond donors (Lipinski definition) is 0. The fourth-order valence-corrected chi connectivity index (χ4v) is 5.08. The molecule has 0 spiro atoms. The first kappa shape index (κ1) is 28.4. The van der Waals surface area contributed by atoms with E-state index in [0.717, 1.165) is 17.8 Å². The van der Waals surface area contributed by atoms with Gasteiger partial charge in [0.2, 0.25) is 5.96 Å². The summed E-state index contributed by atoms with van der Waals surface area (Å²) in [5.74, 6) is -0.389. The van der Waals surface area contributed by atoms with Gasteiger partial charge in [-0.2, -0.15) is 13.2 Å². The van der Waals surface area contributed by atoms with Gasteiger partial charge in [0.05, 0.1) is 29.4 Å². The van der Waals surface area contributed by atoms with Crippen molar-refractivity contribution in [2.45, 2.75) is 45.0 Å². The molecular formula is C30H31F4N5O2. The Hall–Kier alpha value is -4.15. The number of rotatable bonds is 4. The number of carbonyl (C=O) groups excluding carboxylic acids is 1. The van der Waals surface area contributed by atoms with E-state index in [0.29, 0.717) is 43.5 Å². The summed E-state index contributed by atoms with van der Waals surface area (Å²) in [6.45, 7) is 7.44. The van der Waals surface area contributed by atoms with Crippen molar-refractivity contribution in [3.8, 4) is 0 Å². The van der Waals surface area contributed by atoms with Crippen LogP contribution in [0, 0.1) is 5.82 Å². The minimum atomic E-state index is -4.55. The number of guanidine groups is 1. The van der Waals surface area contributed by atoms with E-state index in [2.05, 4.69) is 9.88 Å². The molecule has 1 atom stereocenters. The average Bonchev–Trinajstić information content (AvgIpc) is 2.92. The van der Waals surface area contributed by atoms with Crippen molar-refractivity contribution in [2.75, 3.05) is 36.0 Å². The molecule has 0 aliphatic carbocycles. The number of halogens is 4. The van der Waals surface area contributed by atoms with Crippen LogP contribution in [0.2, 0.25) is 0 Å². The number of benzene rings is 2. The van der Waals surface area contributed by atoms with Crippen molar-refractivity contribution < 1.29 is 27.1 Å². The highest BCUT2D eigenvalue weighted by molar-refractivity contribution is 6.01. The third-order valence-corrected chi connectivity index (χ3v) is 6.87. The van der Waals surface area contributed by atoms with Crippen molar-refractivity contribution in [3.63, 3.8) is 0 Å². The highest BCUT2D eigenvalue weighted by atomic mass is 19.4. The van der Waals surface area contributed by atoms with Crippen LogP contribution in [0.3, 0.4) is 0 Å². The van der Waals surface area contributed by atoms with Gasteiger partial charge in [-0.3, -0.25) is 9.78 Å². The normalized spacial score (nSPS) is 17.7. The average molecular weight is 570 g/mol. The Morgan fingerprint density at radius 2 is 1.61 bits per heavy atom. The molecule has 2 aliphatic rings. The lowest BCUT2D eigenvalue weighted by Crippen LogP contribution is -2.55. The number of alkyl halides is 3. The Kier molecular flexibility index (Phi) is 7.63. The van der Waals surface area contributed by atoms with Gasteiger partial charge < -0.3 is 19.4 Å². The molecule has 1 unspecified atom stereocenters. The summed E-state index contributed by atoms with van der Waals surface area (Å²) in [4.78, 5) is 28.2. The number of hydrogen-bond acceptors (Lipinski definition) is 7. The lowest BCUT2D eigenvalue weighted by Gasteiger charge is -2.45. The number of aliphatic imine (C=N–C) groups is 1. The van der Waals surface area contributed by atoms with Gasteiger partial charge >= 0.3 is 12.1 Å². The second-order valence-electron chi connectivity index (χ2n) is 11.0. The summed E-state index contributed by atoms with van der Waals surface area (Å²) < 4.78 is 60.4. The Bertz CT molecular complexity index is 1430. The van der Waals surface area contributed by atoms with Crippen molar-refractivity contribution in [3.05, 3.63) is 83.9 Å². The van der Waals surface area contributed by atoms with E-state index >= 15 is 0 Å². The topological polar surface area (TPSA) is 61.3 Å². The van der Waals surface area contributed by atoms with Gasteiger partial charge in [-0.25, -0.2) is 9.38 Å². The summed E-state index contributed by atoms with van der Waals surface area (Å²) >= 11 is 0. The molecule has 0 saturated carbocycles. The number of aromatic nitrogens is 1. The van der Waals surface area contributed by atoms with Crippen molar-refractivity contribution in [1.29, 1.82) is 0 Å². The standard InChI is InChI=1S/C30H31F4N5O2/c1-29(2,3)41-26(40)19-25-27-24(8-5-13-35-27)36-28(39(25)23-7-4-6-20(18-23)30(32,33)34)38-16-14-37(15-17-38)22-11-9-21(31)10-12-22/h4-13,18,25H,14-17,19H2,1-3H3. The van der Waals surface area contributed by atoms with Gasteiger partial charge in [0.1, 0.15) is 11.4 Å². The molecule has 3 heterocycles. The summed E-state index contributed by atoms with van der Waals surface area (Å²) in [5.41, 5.74) is 0.587. The summed E-state index contributed by atoms with van der Waals surface area (Å²) in [7, 11) is 0. The van der Waals surface area contributed by atoms with E-state index in [1.54, 1.807) is 62.2 Å². The number of piperazine rings is 1. The molecule has 0 radical (unpaired) electrons. The maximum absolute atomic E-state index is 13.8. The second kappa shape index (κ2) is 11.0. The summed E-state index contributed by atoms with van der Waals surface area (Å²) in [6, 6.07) is 14.0. The molecule has 0 bridgehead atoms. The maximum Gasteiger partial charge on any atom is 0.416 e. The summed E-state index contributed by atoms with van der Waals surface area (Å²) in [5, 5.41) is 0. The predicted octanol–water partition coefficient (Wildman–Crippen LogP) is 6.34. The number of nitrogens with zero attached hydrogens (tertiary/aromatic N) is 5. The molecule has 7 nitrogen and oxygen atoms in total. The van der Waals surface area contributed by atoms with Crippen LogP contribution >= 0.6 is 0 Å². The van der Waals surface area contributed by atoms with E-state index in [1.807, 2.05) is 4.90 Å². The molecular weight excluding hydrogens is 538 g/mol. The van der Waals surface area contributed by atoms with Gasteiger partial charge in [0.25, 0.3) is 0 Å². The van der Waals surface area contributed by atoms with Gasteiger partial charge in [-0.15, -0.1) is 0 Å². The first-order valence-electron chi connectivity index (χ1n) is 13.4. The van der Waals surface area contributed by atoms with Crippen molar-refractivity contribution in [1.82, 2.24) is 9.88 Å². The second-order valence-corrected chi connectivity index (χ2v) is 11.0. The van der Waals surface area contributed by atoms with E-state index in [9.17, 15) is 22.4 Å². The van der Waals surface area contributed by atoms with Crippen LogP contribution in [0.5, 0.6) is 0 Å². The number of anilines is 2. The zero-order chi connectivity index (χ0) is 29.4. The molecule has 1 aromatic heterocycles. The Labute approximate surface area is 236 Å². The molecule has 1 saturated heterocycles. The lowest BCUT2D eigenvalue weighted by atomic mass is 10.0. The van der Waals surface area contributed by atoms with Gasteiger partial charge in [-0.05, 0) is 75.4 Å². The van der Waals surface area contributed by atoms with Gasteiger partial charge in [0.15, 0.2) is 0 Å². The fourth-order valence-electron chi connectivity index (χ4n) is 5.08. The fraction of sp³-hybridized carbons (Fsp3) is 0.367. The molecule has 0 N–H and O–H groups in total. The first-order valence-corrected chi connectivity index (χ1v) is 13.4. The molecule has 11 heteroatoms. The zero-order valence-corrected chi connectivity index (χ0v) is 23.0. The van der Waals surface area contributed by atoms with E-state index in [1.165, 1.54) is 18.2 Å². The lowest BCUT2D eigenvalue weighted by molar-refractivity contribution is -0.155. The Balaban J connectivity index is 1.54. The number of pyridine rings is 1. The third-order valence-electron chi connectivity index (χ3n) is 6.87. The molecule has 0 amide bonds. The van der Waals surface area contributed by atoms with Crippen molar-refractivity contribution in [2.24, 2.45) is 4.99 Å². The Morgan fingerprint density at radius 1 is 0.927 bits per heavy atom. The van der Waals surface area contributed by atoms with Crippen LogP contribution < -0.4 is 9.80 Å². The van der Waals surface area contributed by atoms with Crippen LogP contribution in [-0.4, -0.2) is 53.6 Å². The monoisotopic (exact) mass is 569 g/mol. The predicted molar refractivity (Wildman–Crippen MR) is 149 cm³/mol. The molecule has 1 fully saturated rings. The van der Waals surface area contributed by atoms with Crippen LogP contribution in [-0.2, 0) is 15.7 Å². The Morgan fingerprint density at radius 3 is 2.27 bits per heavy atom. The number of carbonyl (C=O) groups is 1. The highest BCUT2D eigenvalue weighted by Crippen LogP contribution is 2.41. The quantitative estimate of drug-likeness (QED) is 0.270. The van der Waals surface area contributed by atoms with Crippen LogP contribution in [0.25, 0.3) is 0 Å². The zero-order valence-electron chi connectivity index (χ0n) is 23.0. The first-order chi connectivity index (χ1) is 19.4. The largest absolute Gasteiger partial charge is 0.460 e. The molecule has 216 valence electrons. The molecule has 41 heavy (non-hydrogen) atoms. The van der Waals surface area contributed by atoms with Gasteiger partial charge in [-0.1, -0.05) is 6.07 Å². The van der Waals surface area contributed by atoms with Crippen molar-refractivity contribution >= 4 is 29.0 Å².